The summed E-state index contributed by atoms with van der Waals surface area (Å²) in [5.41, 5.74) is 1.43. The first-order chi connectivity index (χ1) is 15.4. The van der Waals surface area contributed by atoms with Gasteiger partial charge < -0.3 is 0 Å². The Morgan fingerprint density at radius 2 is 1.62 bits per heavy atom. The Labute approximate surface area is 191 Å². The van der Waals surface area contributed by atoms with Crippen molar-refractivity contribution in [3.63, 3.8) is 0 Å². The molecule has 0 fully saturated rings. The predicted molar refractivity (Wildman–Crippen MR) is 128 cm³/mol. The molecule has 2 aromatic rings. The average molecular weight is 421 g/mol. The number of nitrogens with zero attached hydrogens (tertiary/aromatic N) is 2. The summed E-state index contributed by atoms with van der Waals surface area (Å²) in [5, 5.41) is 20.3. The first-order valence-corrected chi connectivity index (χ1v) is 10.9. The molecule has 1 aliphatic rings. The molecule has 2 aromatic carbocycles. The Kier molecular flexibility index (Phi) is 6.92. The van der Waals surface area contributed by atoms with Crippen LogP contribution in [0.1, 0.15) is 50.2 Å². The molecule has 160 valence electrons. The summed E-state index contributed by atoms with van der Waals surface area (Å²) in [4.78, 5) is 13.0. The maximum Gasteiger partial charge on any atom is 0.169 e. The maximum atomic E-state index is 13.0. The van der Waals surface area contributed by atoms with Crippen LogP contribution in [0.3, 0.4) is 0 Å². The van der Waals surface area contributed by atoms with Crippen LogP contribution in [-0.2, 0) is 4.79 Å². The van der Waals surface area contributed by atoms with E-state index < -0.39 is 10.8 Å². The highest BCUT2D eigenvalue weighted by molar-refractivity contribution is 5.90. The lowest BCUT2D eigenvalue weighted by Gasteiger charge is -2.41. The molecule has 0 aliphatic heterocycles. The molecule has 1 atom stereocenters. The molecule has 3 rings (SSSR count). The fourth-order valence-electron chi connectivity index (χ4n) is 4.75. The summed E-state index contributed by atoms with van der Waals surface area (Å²) in [6, 6.07) is 24.6. The maximum absolute atomic E-state index is 13.0. The van der Waals surface area contributed by atoms with E-state index in [4.69, 9.17) is 0 Å². The first kappa shape index (κ1) is 23.0. The van der Waals surface area contributed by atoms with Gasteiger partial charge in [0, 0.05) is 24.2 Å². The van der Waals surface area contributed by atoms with Crippen LogP contribution in [0.5, 0.6) is 0 Å². The molecular weight excluding hydrogens is 392 g/mol. The molecule has 0 bridgehead atoms. The number of hydrogen-bond donors (Lipinski definition) is 0. The second-order valence-electron chi connectivity index (χ2n) is 8.73. The molecule has 1 aliphatic carbocycles. The predicted octanol–water partition coefficient (Wildman–Crippen LogP) is 6.78. The van der Waals surface area contributed by atoms with E-state index in [-0.39, 0.29) is 18.1 Å². The molecule has 3 heteroatoms. The fourth-order valence-corrected chi connectivity index (χ4v) is 4.75. The van der Waals surface area contributed by atoms with Gasteiger partial charge in [0.15, 0.2) is 5.41 Å². The molecule has 0 saturated heterocycles. The third-order valence-electron chi connectivity index (χ3n) is 6.34. The van der Waals surface area contributed by atoms with Gasteiger partial charge in [-0.2, -0.15) is 10.5 Å². The van der Waals surface area contributed by atoms with E-state index in [0.29, 0.717) is 18.4 Å². The fraction of sp³-hybridized carbons (Fsp3) is 0.276. The summed E-state index contributed by atoms with van der Waals surface area (Å²) in [6.07, 6.45) is 6.90. The molecule has 0 spiro atoms. The van der Waals surface area contributed by atoms with E-state index in [1.54, 1.807) is 6.08 Å². The Bertz CT molecular complexity index is 1110. The SMILES string of the molecule is C=CCC(C#N)(C#N)C1=C([C@@H](/C=C/c2ccccc2)c2ccccc2)CCC(=O)C1(C)C. The van der Waals surface area contributed by atoms with Crippen molar-refractivity contribution >= 4 is 11.9 Å². The zero-order valence-corrected chi connectivity index (χ0v) is 18.7. The lowest BCUT2D eigenvalue weighted by Crippen LogP contribution is -2.40. The minimum atomic E-state index is -1.43. The van der Waals surface area contributed by atoms with Crippen molar-refractivity contribution in [1.29, 1.82) is 10.5 Å². The van der Waals surface area contributed by atoms with Crippen molar-refractivity contribution in [2.75, 3.05) is 0 Å². The molecule has 3 nitrogen and oxygen atoms in total. The lowest BCUT2D eigenvalue weighted by molar-refractivity contribution is -0.126. The number of rotatable bonds is 7. The average Bonchev–Trinajstić information content (AvgIpc) is 2.82. The van der Waals surface area contributed by atoms with Crippen LogP contribution in [0.15, 0.2) is 90.5 Å². The third kappa shape index (κ3) is 4.34. The molecule has 0 saturated carbocycles. The van der Waals surface area contributed by atoms with Crippen molar-refractivity contribution in [2.24, 2.45) is 10.8 Å². The number of benzene rings is 2. The molecule has 32 heavy (non-hydrogen) atoms. The van der Waals surface area contributed by atoms with E-state index in [9.17, 15) is 15.3 Å². The van der Waals surface area contributed by atoms with Crippen LogP contribution in [-0.4, -0.2) is 5.78 Å². The highest BCUT2D eigenvalue weighted by atomic mass is 16.1. The van der Waals surface area contributed by atoms with Gasteiger partial charge in [0.05, 0.1) is 12.1 Å². The highest BCUT2D eigenvalue weighted by Gasteiger charge is 2.49. The monoisotopic (exact) mass is 420 g/mol. The number of Topliss-reactive ketones (excluding diaryl/α,β-unsaturated/α-hetero) is 1. The van der Waals surface area contributed by atoms with Gasteiger partial charge in [-0.15, -0.1) is 6.58 Å². The number of nitriles is 2. The molecule has 0 heterocycles. The zero-order valence-electron chi connectivity index (χ0n) is 18.7. The van der Waals surface area contributed by atoms with E-state index in [0.717, 1.165) is 16.7 Å². The normalized spacial score (nSPS) is 16.9. The standard InChI is InChI=1S/C29H28N2O/c1-4-19-29(20-30,21-31)27-25(17-18-26(32)28(27,2)3)24(23-13-9-6-10-14-23)16-15-22-11-7-5-8-12-22/h4-16,24H,1,17-19H2,2-3H3/b16-15+/t24-/m0/s1. The van der Waals surface area contributed by atoms with Crippen LogP contribution in [0.4, 0.5) is 0 Å². The van der Waals surface area contributed by atoms with Crippen molar-refractivity contribution in [2.45, 2.75) is 39.0 Å². The summed E-state index contributed by atoms with van der Waals surface area (Å²) in [5.74, 6) is -0.0845. The minimum absolute atomic E-state index is 0.0639. The lowest BCUT2D eigenvalue weighted by atomic mass is 9.59. The number of ketones is 1. The van der Waals surface area contributed by atoms with Gasteiger partial charge in [-0.3, -0.25) is 4.79 Å². The molecule has 0 amide bonds. The number of carbonyl (C=O) groups excluding carboxylic acids is 1. The van der Waals surface area contributed by atoms with Crippen molar-refractivity contribution < 1.29 is 4.79 Å². The van der Waals surface area contributed by atoms with E-state index in [2.05, 4.69) is 43.0 Å². The molecule has 0 N–H and O–H groups in total. The Morgan fingerprint density at radius 3 is 2.19 bits per heavy atom. The van der Waals surface area contributed by atoms with E-state index in [1.807, 2.05) is 62.4 Å². The van der Waals surface area contributed by atoms with Gasteiger partial charge in [-0.05, 0) is 37.0 Å². The molecule has 0 unspecified atom stereocenters. The van der Waals surface area contributed by atoms with Crippen molar-refractivity contribution in [3.05, 3.63) is 102 Å². The Balaban J connectivity index is 2.31. The van der Waals surface area contributed by atoms with Gasteiger partial charge in [-0.25, -0.2) is 0 Å². The summed E-state index contributed by atoms with van der Waals surface area (Å²) in [6.45, 7) is 7.48. The van der Waals surface area contributed by atoms with E-state index in [1.165, 1.54) is 0 Å². The van der Waals surface area contributed by atoms with Gasteiger partial charge in [0.1, 0.15) is 5.78 Å². The number of carbonyl (C=O) groups is 1. The van der Waals surface area contributed by atoms with Crippen LogP contribution >= 0.6 is 0 Å². The summed E-state index contributed by atoms with van der Waals surface area (Å²) < 4.78 is 0. The minimum Gasteiger partial charge on any atom is -0.299 e. The van der Waals surface area contributed by atoms with Gasteiger partial charge in [-0.1, -0.05) is 84.5 Å². The molecular formula is C29H28N2O. The Morgan fingerprint density at radius 1 is 1.03 bits per heavy atom. The second kappa shape index (κ2) is 9.63. The van der Waals surface area contributed by atoms with Crippen LogP contribution in [0.2, 0.25) is 0 Å². The summed E-state index contributed by atoms with van der Waals surface area (Å²) in [7, 11) is 0. The summed E-state index contributed by atoms with van der Waals surface area (Å²) >= 11 is 0. The van der Waals surface area contributed by atoms with Crippen LogP contribution < -0.4 is 0 Å². The second-order valence-corrected chi connectivity index (χ2v) is 8.73. The van der Waals surface area contributed by atoms with Crippen molar-refractivity contribution in [3.8, 4) is 12.1 Å². The first-order valence-electron chi connectivity index (χ1n) is 10.9. The molecule has 0 radical (unpaired) electrons. The number of hydrogen-bond acceptors (Lipinski definition) is 3. The highest BCUT2D eigenvalue weighted by Crippen LogP contribution is 2.52. The largest absolute Gasteiger partial charge is 0.299 e. The van der Waals surface area contributed by atoms with E-state index >= 15 is 0 Å². The van der Waals surface area contributed by atoms with Crippen LogP contribution in [0, 0.1) is 33.5 Å². The topological polar surface area (TPSA) is 64.7 Å². The van der Waals surface area contributed by atoms with Crippen LogP contribution in [0.25, 0.3) is 6.08 Å². The zero-order chi connectivity index (χ0) is 23.2. The molecule has 0 aromatic heterocycles. The number of allylic oxidation sites excluding steroid dienone is 4. The quantitative estimate of drug-likeness (QED) is 0.464. The van der Waals surface area contributed by atoms with Gasteiger partial charge in [0.2, 0.25) is 0 Å². The smallest absolute Gasteiger partial charge is 0.169 e. The van der Waals surface area contributed by atoms with Gasteiger partial charge in [0.25, 0.3) is 0 Å². The van der Waals surface area contributed by atoms with Gasteiger partial charge >= 0.3 is 0 Å². The Hall–Kier alpha value is -3.69. The van der Waals surface area contributed by atoms with Crippen molar-refractivity contribution in [1.82, 2.24) is 0 Å². The third-order valence-corrected chi connectivity index (χ3v) is 6.34.